The van der Waals surface area contributed by atoms with Crippen LogP contribution in [-0.2, 0) is 0 Å². The normalized spacial score (nSPS) is 10.7. The molecule has 0 aliphatic carbocycles. The molecule has 3 rings (SSSR count). The van der Waals surface area contributed by atoms with Crippen molar-refractivity contribution in [1.82, 2.24) is 20.1 Å². The highest BCUT2D eigenvalue weighted by Gasteiger charge is 2.13. The molecule has 100 valence electrons. The molecule has 0 fully saturated rings. The highest BCUT2D eigenvalue weighted by molar-refractivity contribution is 6.33. The van der Waals surface area contributed by atoms with Crippen molar-refractivity contribution in [3.8, 4) is 23.1 Å². The van der Waals surface area contributed by atoms with Gasteiger partial charge in [0.1, 0.15) is 0 Å². The molecule has 20 heavy (non-hydrogen) atoms. The number of nitrogen functional groups attached to an aromatic ring is 1. The summed E-state index contributed by atoms with van der Waals surface area (Å²) in [5, 5.41) is 4.30. The molecule has 0 bridgehead atoms. The fourth-order valence-electron chi connectivity index (χ4n) is 1.60. The van der Waals surface area contributed by atoms with Crippen LogP contribution in [0.1, 0.15) is 5.56 Å². The summed E-state index contributed by atoms with van der Waals surface area (Å²) >= 11 is 5.97. The van der Waals surface area contributed by atoms with Crippen molar-refractivity contribution < 1.29 is 4.52 Å². The summed E-state index contributed by atoms with van der Waals surface area (Å²) in [5.41, 5.74) is 7.81. The Balaban J connectivity index is 1.97. The van der Waals surface area contributed by atoms with E-state index in [4.69, 9.17) is 21.9 Å². The Labute approximate surface area is 119 Å². The molecule has 0 unspecified atom stereocenters. The van der Waals surface area contributed by atoms with Gasteiger partial charge in [0, 0.05) is 18.0 Å². The largest absolute Gasteiger partial charge is 0.398 e. The molecule has 0 amide bonds. The summed E-state index contributed by atoms with van der Waals surface area (Å²) in [6, 6.07) is 5.11. The zero-order valence-electron chi connectivity index (χ0n) is 10.5. The van der Waals surface area contributed by atoms with Crippen molar-refractivity contribution in [3.05, 3.63) is 41.2 Å². The first-order valence-electron chi connectivity index (χ1n) is 5.81. The number of hydrogen-bond donors (Lipinski definition) is 1. The van der Waals surface area contributed by atoms with Gasteiger partial charge in [-0.3, -0.25) is 0 Å². The van der Waals surface area contributed by atoms with Gasteiger partial charge in [0.25, 0.3) is 5.89 Å². The molecule has 2 N–H and O–H groups in total. The van der Waals surface area contributed by atoms with Gasteiger partial charge in [0.05, 0.1) is 10.7 Å². The van der Waals surface area contributed by atoms with Gasteiger partial charge in [-0.25, -0.2) is 9.97 Å². The average Bonchev–Trinajstić information content (AvgIpc) is 2.92. The van der Waals surface area contributed by atoms with E-state index in [0.29, 0.717) is 33.8 Å². The number of rotatable bonds is 2. The molecule has 7 heteroatoms. The number of benzene rings is 1. The average molecular weight is 288 g/mol. The van der Waals surface area contributed by atoms with Gasteiger partial charge in [0.15, 0.2) is 0 Å². The van der Waals surface area contributed by atoms with Crippen LogP contribution < -0.4 is 5.73 Å². The van der Waals surface area contributed by atoms with Crippen LogP contribution in [0.5, 0.6) is 0 Å². The number of hydrogen-bond acceptors (Lipinski definition) is 6. The third-order valence-electron chi connectivity index (χ3n) is 2.65. The quantitative estimate of drug-likeness (QED) is 0.729. The predicted octanol–water partition coefficient (Wildman–Crippen LogP) is 2.74. The SMILES string of the molecule is Cc1cnc(-c2noc(-c3ccc(N)c(Cl)c3)n2)nc1. The standard InChI is InChI=1S/C13H10ClN5O/c1-7-5-16-11(17-6-7)12-18-13(20-19-12)8-2-3-10(15)9(14)4-8/h2-6H,15H2,1H3. The molecule has 0 spiro atoms. The van der Waals surface area contributed by atoms with Crippen LogP contribution >= 0.6 is 11.6 Å². The minimum absolute atomic E-state index is 0.327. The Morgan fingerprint density at radius 2 is 1.90 bits per heavy atom. The van der Waals surface area contributed by atoms with E-state index >= 15 is 0 Å². The minimum Gasteiger partial charge on any atom is -0.398 e. The first-order chi connectivity index (χ1) is 9.63. The maximum absolute atomic E-state index is 5.97. The Kier molecular flexibility index (Phi) is 3.08. The Hall–Kier alpha value is -2.47. The van der Waals surface area contributed by atoms with Gasteiger partial charge in [-0.1, -0.05) is 16.8 Å². The second-order valence-electron chi connectivity index (χ2n) is 4.24. The summed E-state index contributed by atoms with van der Waals surface area (Å²) in [6.07, 6.45) is 3.39. The smallest absolute Gasteiger partial charge is 0.258 e. The topological polar surface area (TPSA) is 90.7 Å². The van der Waals surface area contributed by atoms with E-state index in [1.165, 1.54) is 0 Å². The lowest BCUT2D eigenvalue weighted by atomic mass is 10.2. The van der Waals surface area contributed by atoms with Crippen LogP contribution in [0, 0.1) is 6.92 Å². The van der Waals surface area contributed by atoms with Crippen molar-refractivity contribution in [2.24, 2.45) is 0 Å². The molecule has 0 saturated carbocycles. The molecule has 0 atom stereocenters. The first-order valence-corrected chi connectivity index (χ1v) is 6.19. The van der Waals surface area contributed by atoms with Gasteiger partial charge in [-0.05, 0) is 30.7 Å². The molecule has 0 aliphatic heterocycles. The molecule has 0 radical (unpaired) electrons. The third-order valence-corrected chi connectivity index (χ3v) is 2.98. The predicted molar refractivity (Wildman–Crippen MR) is 74.9 cm³/mol. The number of aromatic nitrogens is 4. The van der Waals surface area contributed by atoms with Gasteiger partial charge >= 0.3 is 0 Å². The van der Waals surface area contributed by atoms with Gasteiger partial charge in [0.2, 0.25) is 11.6 Å². The summed E-state index contributed by atoms with van der Waals surface area (Å²) < 4.78 is 5.19. The highest BCUT2D eigenvalue weighted by Crippen LogP contribution is 2.26. The maximum Gasteiger partial charge on any atom is 0.258 e. The summed E-state index contributed by atoms with van der Waals surface area (Å²) in [6.45, 7) is 1.90. The summed E-state index contributed by atoms with van der Waals surface area (Å²) in [5.74, 6) is 1.08. The van der Waals surface area contributed by atoms with Crippen LogP contribution in [-0.4, -0.2) is 20.1 Å². The lowest BCUT2D eigenvalue weighted by Crippen LogP contribution is -1.91. The van der Waals surface area contributed by atoms with E-state index in [2.05, 4.69) is 20.1 Å². The first kappa shape index (κ1) is 12.6. The van der Waals surface area contributed by atoms with E-state index in [0.717, 1.165) is 5.56 Å². The Morgan fingerprint density at radius 1 is 1.15 bits per heavy atom. The lowest BCUT2D eigenvalue weighted by molar-refractivity contribution is 0.432. The molecule has 2 aromatic heterocycles. The van der Waals surface area contributed by atoms with Crippen molar-refractivity contribution in [2.75, 3.05) is 5.73 Å². The molecule has 3 aromatic rings. The molecule has 0 aliphatic rings. The number of halogens is 1. The lowest BCUT2D eigenvalue weighted by Gasteiger charge is -1.98. The molecule has 6 nitrogen and oxygen atoms in total. The summed E-state index contributed by atoms with van der Waals surface area (Å²) in [4.78, 5) is 12.5. The Morgan fingerprint density at radius 3 is 2.60 bits per heavy atom. The van der Waals surface area contributed by atoms with E-state index in [-0.39, 0.29) is 0 Å². The monoisotopic (exact) mass is 287 g/mol. The zero-order chi connectivity index (χ0) is 14.1. The number of nitrogens with zero attached hydrogens (tertiary/aromatic N) is 4. The van der Waals surface area contributed by atoms with E-state index in [1.807, 2.05) is 6.92 Å². The minimum atomic E-state index is 0.327. The van der Waals surface area contributed by atoms with Crippen LogP contribution in [0.3, 0.4) is 0 Å². The van der Waals surface area contributed by atoms with Crippen molar-refractivity contribution in [2.45, 2.75) is 6.92 Å². The van der Waals surface area contributed by atoms with Crippen molar-refractivity contribution in [3.63, 3.8) is 0 Å². The Bertz CT molecular complexity index is 754. The van der Waals surface area contributed by atoms with Gasteiger partial charge in [-0.15, -0.1) is 0 Å². The molecule has 0 saturated heterocycles. The zero-order valence-corrected chi connectivity index (χ0v) is 11.3. The van der Waals surface area contributed by atoms with Crippen LogP contribution in [0.15, 0.2) is 35.1 Å². The summed E-state index contributed by atoms with van der Waals surface area (Å²) in [7, 11) is 0. The molecule has 2 heterocycles. The van der Waals surface area contributed by atoms with Crippen LogP contribution in [0.2, 0.25) is 5.02 Å². The third kappa shape index (κ3) is 2.33. The van der Waals surface area contributed by atoms with Gasteiger partial charge < -0.3 is 10.3 Å². The fraction of sp³-hybridized carbons (Fsp3) is 0.0769. The molecular formula is C13H10ClN5O. The van der Waals surface area contributed by atoms with Crippen molar-refractivity contribution >= 4 is 17.3 Å². The number of aryl methyl sites for hydroxylation is 1. The van der Waals surface area contributed by atoms with E-state index in [1.54, 1.807) is 30.6 Å². The fourth-order valence-corrected chi connectivity index (χ4v) is 1.78. The number of anilines is 1. The van der Waals surface area contributed by atoms with Crippen LogP contribution in [0.25, 0.3) is 23.1 Å². The van der Waals surface area contributed by atoms with Gasteiger partial charge in [-0.2, -0.15) is 4.98 Å². The highest BCUT2D eigenvalue weighted by atomic mass is 35.5. The molecule has 1 aromatic carbocycles. The van der Waals surface area contributed by atoms with E-state index in [9.17, 15) is 0 Å². The second kappa shape index (κ2) is 4.90. The second-order valence-corrected chi connectivity index (χ2v) is 4.65. The molecular weight excluding hydrogens is 278 g/mol. The van der Waals surface area contributed by atoms with Crippen LogP contribution in [0.4, 0.5) is 5.69 Å². The van der Waals surface area contributed by atoms with E-state index < -0.39 is 0 Å². The number of nitrogens with two attached hydrogens (primary N) is 1. The van der Waals surface area contributed by atoms with Crippen molar-refractivity contribution in [1.29, 1.82) is 0 Å². The maximum atomic E-state index is 5.97.